The maximum atomic E-state index is 12.0. The number of nitrogens with one attached hydrogen (secondary N) is 1. The third-order valence-corrected chi connectivity index (χ3v) is 3.49. The van der Waals surface area contributed by atoms with Crippen molar-refractivity contribution in [2.45, 2.75) is 0 Å². The molecule has 110 valence electrons. The van der Waals surface area contributed by atoms with Crippen molar-refractivity contribution < 1.29 is 4.79 Å². The van der Waals surface area contributed by atoms with Gasteiger partial charge in [-0.1, -0.05) is 41.4 Å². The minimum absolute atomic E-state index is 0.249. The highest BCUT2D eigenvalue weighted by Crippen LogP contribution is 2.13. The van der Waals surface area contributed by atoms with Crippen LogP contribution >= 0.6 is 23.2 Å². The number of rotatable bonds is 3. The molecule has 1 N–H and O–H groups in total. The molecule has 0 spiro atoms. The quantitative estimate of drug-likeness (QED) is 0.590. The molecule has 0 saturated heterocycles. The molecule has 3 rings (SSSR count). The highest BCUT2D eigenvalue weighted by molar-refractivity contribution is 6.33. The van der Waals surface area contributed by atoms with Crippen molar-refractivity contribution in [2.24, 2.45) is 5.10 Å². The number of amides is 1. The van der Waals surface area contributed by atoms with Crippen molar-refractivity contribution >= 4 is 41.0 Å². The first-order valence-corrected chi connectivity index (χ1v) is 7.11. The number of imidazole rings is 1. The van der Waals surface area contributed by atoms with E-state index in [9.17, 15) is 4.79 Å². The first-order chi connectivity index (χ1) is 10.6. The summed E-state index contributed by atoms with van der Waals surface area (Å²) < 4.78 is 1.68. The van der Waals surface area contributed by atoms with Gasteiger partial charge in [0.2, 0.25) is 0 Å². The molecule has 7 heteroatoms. The zero-order chi connectivity index (χ0) is 15.5. The lowest BCUT2D eigenvalue weighted by atomic mass is 10.2. The lowest BCUT2D eigenvalue weighted by Gasteiger charge is -1.97. The molecule has 3 aromatic rings. The van der Waals surface area contributed by atoms with Crippen LogP contribution in [0.15, 0.2) is 53.9 Å². The van der Waals surface area contributed by atoms with Crippen LogP contribution in [0.3, 0.4) is 0 Å². The Bertz CT molecular complexity index is 873. The van der Waals surface area contributed by atoms with E-state index in [0.717, 1.165) is 0 Å². The van der Waals surface area contributed by atoms with Gasteiger partial charge in [-0.25, -0.2) is 10.4 Å². The minimum atomic E-state index is -0.414. The number of halogens is 2. The Balaban J connectivity index is 1.75. The van der Waals surface area contributed by atoms with E-state index in [1.54, 1.807) is 41.1 Å². The Morgan fingerprint density at radius 1 is 1.18 bits per heavy atom. The van der Waals surface area contributed by atoms with Gasteiger partial charge < -0.3 is 4.40 Å². The number of carbonyl (C=O) groups excluding carboxylic acids is 1. The van der Waals surface area contributed by atoms with Crippen LogP contribution in [-0.2, 0) is 0 Å². The molecular weight excluding hydrogens is 323 g/mol. The van der Waals surface area contributed by atoms with Gasteiger partial charge in [0, 0.05) is 23.0 Å². The maximum Gasteiger partial charge on any atom is 0.291 e. The standard InChI is InChI=1S/C15H10Cl2N4O/c16-11-5-6-14-19-13(9-21(14)8-11)15(22)20-18-7-10-3-1-2-4-12(10)17/h1-9H,(H,20,22). The van der Waals surface area contributed by atoms with Gasteiger partial charge >= 0.3 is 0 Å². The van der Waals surface area contributed by atoms with Gasteiger partial charge in [-0.15, -0.1) is 0 Å². The molecule has 0 atom stereocenters. The van der Waals surface area contributed by atoms with Gasteiger partial charge in [-0.3, -0.25) is 4.79 Å². The van der Waals surface area contributed by atoms with E-state index in [-0.39, 0.29) is 5.69 Å². The van der Waals surface area contributed by atoms with E-state index < -0.39 is 5.91 Å². The maximum absolute atomic E-state index is 12.0. The number of hydrazone groups is 1. The summed E-state index contributed by atoms with van der Waals surface area (Å²) in [5, 5.41) is 5.00. The summed E-state index contributed by atoms with van der Waals surface area (Å²) in [5.41, 5.74) is 4.01. The largest absolute Gasteiger partial charge is 0.305 e. The molecule has 0 aliphatic rings. The normalized spacial score (nSPS) is 11.2. The summed E-state index contributed by atoms with van der Waals surface area (Å²) in [6, 6.07) is 10.6. The van der Waals surface area contributed by atoms with Crippen LogP contribution < -0.4 is 5.43 Å². The van der Waals surface area contributed by atoms with Crippen molar-refractivity contribution in [1.82, 2.24) is 14.8 Å². The lowest BCUT2D eigenvalue weighted by Crippen LogP contribution is -2.17. The van der Waals surface area contributed by atoms with Gasteiger partial charge in [0.1, 0.15) is 11.3 Å². The Kier molecular flexibility index (Phi) is 4.09. The average molecular weight is 333 g/mol. The molecule has 0 fully saturated rings. The number of hydrogen-bond donors (Lipinski definition) is 1. The van der Waals surface area contributed by atoms with Crippen LogP contribution in [0.25, 0.3) is 5.65 Å². The predicted molar refractivity (Wildman–Crippen MR) is 86.7 cm³/mol. The third kappa shape index (κ3) is 3.10. The summed E-state index contributed by atoms with van der Waals surface area (Å²) >= 11 is 11.9. The number of pyridine rings is 1. The average Bonchev–Trinajstić information content (AvgIpc) is 2.92. The van der Waals surface area contributed by atoms with Crippen molar-refractivity contribution in [3.8, 4) is 0 Å². The molecule has 0 radical (unpaired) electrons. The summed E-state index contributed by atoms with van der Waals surface area (Å²) in [5.74, 6) is -0.414. The van der Waals surface area contributed by atoms with E-state index >= 15 is 0 Å². The van der Waals surface area contributed by atoms with E-state index in [0.29, 0.717) is 21.3 Å². The topological polar surface area (TPSA) is 58.8 Å². The van der Waals surface area contributed by atoms with Crippen LogP contribution in [0.4, 0.5) is 0 Å². The number of aromatic nitrogens is 2. The lowest BCUT2D eigenvalue weighted by molar-refractivity contribution is 0.0951. The molecule has 1 amide bonds. The Hall–Kier alpha value is -2.37. The fourth-order valence-corrected chi connectivity index (χ4v) is 2.22. The summed E-state index contributed by atoms with van der Waals surface area (Å²) in [6.45, 7) is 0. The minimum Gasteiger partial charge on any atom is -0.305 e. The second-order valence-electron chi connectivity index (χ2n) is 4.46. The van der Waals surface area contributed by atoms with Crippen LogP contribution in [0, 0.1) is 0 Å². The second-order valence-corrected chi connectivity index (χ2v) is 5.30. The zero-order valence-electron chi connectivity index (χ0n) is 11.2. The van der Waals surface area contributed by atoms with Crippen molar-refractivity contribution in [1.29, 1.82) is 0 Å². The first kappa shape index (κ1) is 14.6. The molecule has 0 bridgehead atoms. The van der Waals surface area contributed by atoms with E-state index in [4.69, 9.17) is 23.2 Å². The number of carbonyl (C=O) groups is 1. The van der Waals surface area contributed by atoms with Crippen molar-refractivity contribution in [3.05, 3.63) is 70.1 Å². The van der Waals surface area contributed by atoms with Gasteiger partial charge in [0.25, 0.3) is 5.91 Å². The highest BCUT2D eigenvalue weighted by Gasteiger charge is 2.09. The second kappa shape index (κ2) is 6.17. The molecule has 0 aliphatic carbocycles. The van der Waals surface area contributed by atoms with Gasteiger partial charge in [-0.05, 0) is 18.2 Å². The fraction of sp³-hybridized carbons (Fsp3) is 0. The third-order valence-electron chi connectivity index (χ3n) is 2.92. The molecule has 0 aliphatic heterocycles. The van der Waals surface area contributed by atoms with Crippen LogP contribution in [0.1, 0.15) is 16.1 Å². The van der Waals surface area contributed by atoms with E-state index in [1.807, 2.05) is 12.1 Å². The number of hydrogen-bond acceptors (Lipinski definition) is 3. The molecule has 2 heterocycles. The monoisotopic (exact) mass is 332 g/mol. The Morgan fingerprint density at radius 2 is 2.00 bits per heavy atom. The predicted octanol–water partition coefficient (Wildman–Crippen LogP) is 3.41. The Morgan fingerprint density at radius 3 is 2.82 bits per heavy atom. The van der Waals surface area contributed by atoms with Crippen LogP contribution in [-0.4, -0.2) is 21.5 Å². The summed E-state index contributed by atoms with van der Waals surface area (Å²) in [6.07, 6.45) is 4.74. The summed E-state index contributed by atoms with van der Waals surface area (Å²) in [4.78, 5) is 16.2. The molecule has 0 saturated carbocycles. The number of fused-ring (bicyclic) bond motifs is 1. The molecule has 2 aromatic heterocycles. The van der Waals surface area contributed by atoms with Crippen LogP contribution in [0.5, 0.6) is 0 Å². The zero-order valence-corrected chi connectivity index (χ0v) is 12.7. The van der Waals surface area contributed by atoms with Gasteiger partial charge in [-0.2, -0.15) is 5.10 Å². The molecule has 1 aromatic carbocycles. The fourth-order valence-electron chi connectivity index (χ4n) is 1.87. The highest BCUT2D eigenvalue weighted by atomic mass is 35.5. The first-order valence-electron chi connectivity index (χ1n) is 6.36. The number of benzene rings is 1. The molecule has 0 unspecified atom stereocenters. The smallest absolute Gasteiger partial charge is 0.291 e. The van der Waals surface area contributed by atoms with Crippen LogP contribution in [0.2, 0.25) is 10.0 Å². The molecule has 22 heavy (non-hydrogen) atoms. The Labute approximate surface area is 136 Å². The van der Waals surface area contributed by atoms with E-state index in [2.05, 4.69) is 15.5 Å². The van der Waals surface area contributed by atoms with E-state index in [1.165, 1.54) is 6.21 Å². The SMILES string of the molecule is O=C(NN=Cc1ccccc1Cl)c1cn2cc(Cl)ccc2n1. The number of nitrogens with zero attached hydrogens (tertiary/aromatic N) is 3. The molecule has 5 nitrogen and oxygen atoms in total. The summed E-state index contributed by atoms with van der Waals surface area (Å²) in [7, 11) is 0. The van der Waals surface area contributed by atoms with Crippen molar-refractivity contribution in [2.75, 3.05) is 0 Å². The van der Waals surface area contributed by atoms with Gasteiger partial charge in [0.15, 0.2) is 0 Å². The van der Waals surface area contributed by atoms with Crippen molar-refractivity contribution in [3.63, 3.8) is 0 Å². The van der Waals surface area contributed by atoms with Gasteiger partial charge in [0.05, 0.1) is 11.2 Å². The molecular formula is C15H10Cl2N4O.